The van der Waals surface area contributed by atoms with Crippen LogP contribution in [0.3, 0.4) is 0 Å². The summed E-state index contributed by atoms with van der Waals surface area (Å²) >= 11 is 0. The number of hydrogen-bond donors (Lipinski definition) is 1. The van der Waals surface area contributed by atoms with Gasteiger partial charge in [0, 0.05) is 38.0 Å². The fourth-order valence-corrected chi connectivity index (χ4v) is 2.79. The Morgan fingerprint density at radius 3 is 2.80 bits per heavy atom. The number of likely N-dealkylation sites (N-methyl/N-ethyl adjacent to an activating group) is 1. The van der Waals surface area contributed by atoms with E-state index in [1.807, 2.05) is 0 Å². The van der Waals surface area contributed by atoms with Gasteiger partial charge in [-0.25, -0.2) is 0 Å². The van der Waals surface area contributed by atoms with Crippen LogP contribution in [0, 0.1) is 5.92 Å². The fraction of sp³-hybridized carbons (Fsp3) is 0.917. The second-order valence-electron chi connectivity index (χ2n) is 5.07. The fourth-order valence-electron chi connectivity index (χ4n) is 2.79. The van der Waals surface area contributed by atoms with Crippen molar-refractivity contribution in [3.05, 3.63) is 0 Å². The van der Waals surface area contributed by atoms with E-state index in [0.29, 0.717) is 17.7 Å². The third-order valence-electron chi connectivity index (χ3n) is 3.72. The molecule has 1 N–H and O–H groups in total. The van der Waals surface area contributed by atoms with Crippen LogP contribution in [0.15, 0.2) is 0 Å². The van der Waals surface area contributed by atoms with Crippen LogP contribution in [0.4, 0.5) is 0 Å². The minimum Gasteiger partial charge on any atom is -0.311 e. The number of nitrogens with one attached hydrogen (secondary N) is 1. The van der Waals surface area contributed by atoms with Crippen LogP contribution in [0.1, 0.15) is 32.1 Å². The molecule has 1 saturated heterocycles. The van der Waals surface area contributed by atoms with Crippen molar-refractivity contribution in [3.8, 4) is 0 Å². The summed E-state index contributed by atoms with van der Waals surface area (Å²) < 4.78 is 0. The van der Waals surface area contributed by atoms with Gasteiger partial charge in [0.2, 0.25) is 0 Å². The number of hydrogen-bond acceptors (Lipinski definition) is 3. The molecule has 0 aromatic rings. The lowest BCUT2D eigenvalue weighted by molar-refractivity contribution is -0.123. The smallest absolute Gasteiger partial charge is 0.137 e. The molecule has 0 radical (unpaired) electrons. The summed E-state index contributed by atoms with van der Waals surface area (Å²) in [5, 5.41) is 3.44. The zero-order valence-corrected chi connectivity index (χ0v) is 9.67. The predicted molar refractivity (Wildman–Crippen MR) is 60.9 cm³/mol. The van der Waals surface area contributed by atoms with E-state index in [1.165, 1.54) is 12.8 Å². The number of piperazine rings is 1. The second kappa shape index (κ2) is 5.08. The number of nitrogens with zero attached hydrogens (tertiary/aromatic N) is 1. The highest BCUT2D eigenvalue weighted by Crippen LogP contribution is 2.26. The highest BCUT2D eigenvalue weighted by atomic mass is 16.1. The van der Waals surface area contributed by atoms with Crippen LogP contribution in [0.25, 0.3) is 0 Å². The first-order chi connectivity index (χ1) is 7.25. The van der Waals surface area contributed by atoms with E-state index < -0.39 is 0 Å². The molecule has 0 aromatic carbocycles. The summed E-state index contributed by atoms with van der Waals surface area (Å²) in [5.74, 6) is 0.888. The van der Waals surface area contributed by atoms with Crippen LogP contribution in [-0.2, 0) is 4.79 Å². The average molecular weight is 210 g/mol. The molecule has 3 nitrogen and oxygen atoms in total. The molecule has 0 bridgehead atoms. The molecule has 1 heterocycles. The SMILES string of the molecule is CN1CCNC(CC(=O)C2CCCC2)C1. The maximum atomic E-state index is 12.0. The molecule has 0 aromatic heterocycles. The third-order valence-corrected chi connectivity index (χ3v) is 3.72. The molecule has 1 atom stereocenters. The zero-order chi connectivity index (χ0) is 10.7. The van der Waals surface area contributed by atoms with Gasteiger partial charge in [-0.1, -0.05) is 12.8 Å². The van der Waals surface area contributed by atoms with Gasteiger partial charge in [-0.3, -0.25) is 4.79 Å². The first kappa shape index (κ1) is 11.1. The van der Waals surface area contributed by atoms with Gasteiger partial charge in [0.15, 0.2) is 0 Å². The Balaban J connectivity index is 1.77. The van der Waals surface area contributed by atoms with Gasteiger partial charge in [-0.05, 0) is 19.9 Å². The molecule has 0 spiro atoms. The normalized spacial score (nSPS) is 29.5. The van der Waals surface area contributed by atoms with Crippen molar-refractivity contribution < 1.29 is 4.79 Å². The van der Waals surface area contributed by atoms with Crippen molar-refractivity contribution in [1.82, 2.24) is 10.2 Å². The number of rotatable bonds is 3. The van der Waals surface area contributed by atoms with Crippen LogP contribution >= 0.6 is 0 Å². The van der Waals surface area contributed by atoms with Crippen LogP contribution in [-0.4, -0.2) is 43.4 Å². The second-order valence-corrected chi connectivity index (χ2v) is 5.07. The largest absolute Gasteiger partial charge is 0.311 e. The first-order valence-electron chi connectivity index (χ1n) is 6.20. The summed E-state index contributed by atoms with van der Waals surface area (Å²) in [6, 6.07) is 0.400. The van der Waals surface area contributed by atoms with E-state index in [-0.39, 0.29) is 0 Å². The maximum Gasteiger partial charge on any atom is 0.137 e. The summed E-state index contributed by atoms with van der Waals surface area (Å²) in [7, 11) is 2.13. The minimum absolute atomic E-state index is 0.388. The number of ketones is 1. The van der Waals surface area contributed by atoms with Gasteiger partial charge in [0.25, 0.3) is 0 Å². The Hall–Kier alpha value is -0.410. The van der Waals surface area contributed by atoms with Crippen molar-refractivity contribution in [1.29, 1.82) is 0 Å². The summed E-state index contributed by atoms with van der Waals surface area (Å²) in [5.41, 5.74) is 0. The van der Waals surface area contributed by atoms with E-state index in [0.717, 1.165) is 38.9 Å². The Bertz CT molecular complexity index is 224. The van der Waals surface area contributed by atoms with E-state index in [4.69, 9.17) is 0 Å². The lowest BCUT2D eigenvalue weighted by atomic mass is 9.96. The molecule has 1 saturated carbocycles. The third kappa shape index (κ3) is 3.02. The molecule has 1 unspecified atom stereocenters. The van der Waals surface area contributed by atoms with E-state index >= 15 is 0 Å². The molecule has 86 valence electrons. The van der Waals surface area contributed by atoms with E-state index in [2.05, 4.69) is 17.3 Å². The van der Waals surface area contributed by atoms with Gasteiger partial charge < -0.3 is 10.2 Å². The van der Waals surface area contributed by atoms with Crippen molar-refractivity contribution in [2.75, 3.05) is 26.7 Å². The molecule has 0 amide bonds. The predicted octanol–water partition coefficient (Wildman–Crippen LogP) is 1.04. The summed E-state index contributed by atoms with van der Waals surface area (Å²) in [6.07, 6.45) is 5.54. The highest BCUT2D eigenvalue weighted by molar-refractivity contribution is 5.81. The quantitative estimate of drug-likeness (QED) is 0.755. The minimum atomic E-state index is 0.388. The topological polar surface area (TPSA) is 32.3 Å². The number of carbonyl (C=O) groups is 1. The van der Waals surface area contributed by atoms with Crippen molar-refractivity contribution in [3.63, 3.8) is 0 Å². The first-order valence-corrected chi connectivity index (χ1v) is 6.20. The van der Waals surface area contributed by atoms with Crippen molar-refractivity contribution in [2.24, 2.45) is 5.92 Å². The molecular formula is C12H22N2O. The molecule has 2 rings (SSSR count). The van der Waals surface area contributed by atoms with Gasteiger partial charge in [-0.15, -0.1) is 0 Å². The van der Waals surface area contributed by atoms with E-state index in [9.17, 15) is 4.79 Å². The van der Waals surface area contributed by atoms with Crippen LogP contribution < -0.4 is 5.32 Å². The van der Waals surface area contributed by atoms with Crippen molar-refractivity contribution in [2.45, 2.75) is 38.1 Å². The van der Waals surface area contributed by atoms with Crippen molar-refractivity contribution >= 4 is 5.78 Å². The summed E-state index contributed by atoms with van der Waals surface area (Å²) in [4.78, 5) is 14.3. The lowest BCUT2D eigenvalue weighted by Crippen LogP contribution is -2.50. The Kier molecular flexibility index (Phi) is 3.76. The average Bonchev–Trinajstić information content (AvgIpc) is 2.70. The molecule has 15 heavy (non-hydrogen) atoms. The van der Waals surface area contributed by atoms with Crippen LogP contribution in [0.5, 0.6) is 0 Å². The standard InChI is InChI=1S/C12H22N2O/c1-14-7-6-13-11(9-14)8-12(15)10-4-2-3-5-10/h10-11,13H,2-9H2,1H3. The molecule has 2 fully saturated rings. The van der Waals surface area contributed by atoms with Gasteiger partial charge in [-0.2, -0.15) is 0 Å². The zero-order valence-electron chi connectivity index (χ0n) is 9.67. The monoisotopic (exact) mass is 210 g/mol. The Morgan fingerprint density at radius 2 is 2.13 bits per heavy atom. The Labute approximate surface area is 92.2 Å². The molecule has 1 aliphatic carbocycles. The molecule has 2 aliphatic rings. The number of Topliss-reactive ketones (excluding diaryl/α,β-unsaturated/α-hetero) is 1. The van der Waals surface area contributed by atoms with Gasteiger partial charge >= 0.3 is 0 Å². The number of carbonyl (C=O) groups excluding carboxylic acids is 1. The van der Waals surface area contributed by atoms with Gasteiger partial charge in [0.05, 0.1) is 0 Å². The van der Waals surface area contributed by atoms with E-state index in [1.54, 1.807) is 0 Å². The Morgan fingerprint density at radius 1 is 1.40 bits per heavy atom. The lowest BCUT2D eigenvalue weighted by Gasteiger charge is -2.31. The highest BCUT2D eigenvalue weighted by Gasteiger charge is 2.26. The molecular weight excluding hydrogens is 188 g/mol. The maximum absolute atomic E-state index is 12.0. The molecule has 3 heteroatoms. The molecule has 1 aliphatic heterocycles. The van der Waals surface area contributed by atoms with Crippen LogP contribution in [0.2, 0.25) is 0 Å². The summed E-state index contributed by atoms with van der Waals surface area (Å²) in [6.45, 7) is 3.16. The van der Waals surface area contributed by atoms with Gasteiger partial charge in [0.1, 0.15) is 5.78 Å².